The first-order valence-electron chi connectivity index (χ1n) is 12.5. The van der Waals surface area contributed by atoms with Crippen molar-refractivity contribution in [2.75, 3.05) is 32.7 Å². The Kier molecular flexibility index (Phi) is 7.71. The average molecular weight is 455 g/mol. The van der Waals surface area contributed by atoms with Gasteiger partial charge in [0.05, 0.1) is 24.5 Å². The predicted molar refractivity (Wildman–Crippen MR) is 128 cm³/mol. The molecule has 33 heavy (non-hydrogen) atoms. The molecule has 2 atom stereocenters. The molecule has 2 saturated heterocycles. The number of carbonyl (C=O) groups is 2. The monoisotopic (exact) mass is 454 g/mol. The summed E-state index contributed by atoms with van der Waals surface area (Å²) in [5.41, 5.74) is 7.50. The van der Waals surface area contributed by atoms with Gasteiger partial charge < -0.3 is 15.0 Å². The highest BCUT2D eigenvalue weighted by Crippen LogP contribution is 2.31. The minimum absolute atomic E-state index is 0.126. The van der Waals surface area contributed by atoms with E-state index < -0.39 is 5.97 Å². The van der Waals surface area contributed by atoms with E-state index in [1.807, 2.05) is 4.90 Å². The number of carbonyl (C=O) groups excluding carboxylic acids is 1. The van der Waals surface area contributed by atoms with E-state index in [4.69, 9.17) is 0 Å². The Bertz CT molecular complexity index is 861. The van der Waals surface area contributed by atoms with Gasteiger partial charge >= 0.3 is 5.97 Å². The van der Waals surface area contributed by atoms with Crippen LogP contribution in [0.4, 0.5) is 0 Å². The molecule has 2 unspecified atom stereocenters. The number of rotatable bonds is 8. The number of piperazine rings is 1. The number of hydrogen-bond acceptors (Lipinski definition) is 5. The average Bonchev–Trinajstić information content (AvgIpc) is 3.24. The van der Waals surface area contributed by atoms with Crippen molar-refractivity contribution in [1.82, 2.24) is 20.2 Å². The zero-order valence-electron chi connectivity index (χ0n) is 20.0. The fourth-order valence-electron chi connectivity index (χ4n) is 5.27. The van der Waals surface area contributed by atoms with Crippen molar-refractivity contribution >= 4 is 11.9 Å². The number of nitrogens with zero attached hydrogens (tertiary/aromatic N) is 3. The molecule has 1 aromatic carbocycles. The third-order valence-corrected chi connectivity index (χ3v) is 7.30. The van der Waals surface area contributed by atoms with E-state index in [0.717, 1.165) is 19.5 Å². The molecule has 180 valence electrons. The Morgan fingerprint density at radius 1 is 1.12 bits per heavy atom. The van der Waals surface area contributed by atoms with Crippen LogP contribution in [0.15, 0.2) is 36.0 Å². The number of nitrogens with one attached hydrogen (secondary N) is 1. The van der Waals surface area contributed by atoms with Gasteiger partial charge in [-0.3, -0.25) is 14.5 Å². The molecule has 0 aromatic heterocycles. The molecule has 3 aliphatic heterocycles. The van der Waals surface area contributed by atoms with Gasteiger partial charge in [0.25, 0.3) is 0 Å². The molecule has 3 aliphatic rings. The number of carboxylic acids is 1. The third-order valence-electron chi connectivity index (χ3n) is 7.30. The third kappa shape index (κ3) is 5.76. The number of fused-ring (bicyclic) bond motifs is 1. The molecule has 2 N–H and O–H groups in total. The van der Waals surface area contributed by atoms with Gasteiger partial charge in [0.2, 0.25) is 5.91 Å². The van der Waals surface area contributed by atoms with Crippen molar-refractivity contribution in [2.45, 2.75) is 64.5 Å². The van der Waals surface area contributed by atoms with Crippen LogP contribution in [0.3, 0.4) is 0 Å². The quantitative estimate of drug-likeness (QED) is 0.587. The Balaban J connectivity index is 1.41. The van der Waals surface area contributed by atoms with Gasteiger partial charge in [-0.1, -0.05) is 56.0 Å². The lowest BCUT2D eigenvalue weighted by Crippen LogP contribution is -2.56. The van der Waals surface area contributed by atoms with Crippen molar-refractivity contribution in [3.8, 4) is 0 Å². The standard InChI is InChI=1S/C26H38N4O3/c1-3-4-5-6-22-16-28(18-25(31)29-13-11-21(12-14-29)26(32)33)17-23-15-24(27-30(22)23)20-9-7-19(2)8-10-20/h7-10,15,21-22,24,27H,3-6,11-14,16-18H2,1-2H3,(H,32,33). The summed E-state index contributed by atoms with van der Waals surface area (Å²) in [7, 11) is 0. The van der Waals surface area contributed by atoms with Crippen LogP contribution in [0, 0.1) is 12.8 Å². The summed E-state index contributed by atoms with van der Waals surface area (Å²) in [4.78, 5) is 28.4. The van der Waals surface area contributed by atoms with E-state index in [2.05, 4.69) is 59.5 Å². The largest absolute Gasteiger partial charge is 0.481 e. The predicted octanol–water partition coefficient (Wildman–Crippen LogP) is 3.33. The van der Waals surface area contributed by atoms with Gasteiger partial charge in [-0.15, -0.1) is 0 Å². The van der Waals surface area contributed by atoms with Crippen molar-refractivity contribution < 1.29 is 14.7 Å². The highest BCUT2D eigenvalue weighted by atomic mass is 16.4. The Labute approximate surface area is 197 Å². The first-order valence-corrected chi connectivity index (χ1v) is 12.5. The molecule has 4 rings (SSSR count). The van der Waals surface area contributed by atoms with Crippen LogP contribution in [-0.2, 0) is 9.59 Å². The fourth-order valence-corrected chi connectivity index (χ4v) is 5.27. The Morgan fingerprint density at radius 3 is 2.52 bits per heavy atom. The van der Waals surface area contributed by atoms with Crippen molar-refractivity contribution in [1.29, 1.82) is 0 Å². The molecule has 7 heteroatoms. The van der Waals surface area contributed by atoms with Crippen LogP contribution >= 0.6 is 0 Å². The second-order valence-electron chi connectivity index (χ2n) is 9.86. The number of unbranched alkanes of at least 4 members (excludes halogenated alkanes) is 2. The lowest BCUT2D eigenvalue weighted by Gasteiger charge is -2.42. The van der Waals surface area contributed by atoms with Crippen LogP contribution in [0.5, 0.6) is 0 Å². The maximum atomic E-state index is 13.0. The fraction of sp³-hybridized carbons (Fsp3) is 0.615. The number of amides is 1. The second kappa shape index (κ2) is 10.7. The van der Waals surface area contributed by atoms with Crippen molar-refractivity contribution in [3.63, 3.8) is 0 Å². The molecule has 0 spiro atoms. The van der Waals surface area contributed by atoms with Gasteiger partial charge in [-0.05, 0) is 37.8 Å². The summed E-state index contributed by atoms with van der Waals surface area (Å²) in [5.74, 6) is -0.924. The molecule has 1 amide bonds. The minimum atomic E-state index is -0.739. The molecular formula is C26H38N4O3. The number of benzene rings is 1. The van der Waals surface area contributed by atoms with Crippen LogP contribution in [0.25, 0.3) is 0 Å². The van der Waals surface area contributed by atoms with Gasteiger partial charge in [0, 0.05) is 31.9 Å². The number of piperidine rings is 1. The molecule has 1 aromatic rings. The number of hydrogen-bond donors (Lipinski definition) is 2. The molecular weight excluding hydrogens is 416 g/mol. The van der Waals surface area contributed by atoms with Gasteiger partial charge in [0.15, 0.2) is 0 Å². The number of likely N-dealkylation sites (tertiary alicyclic amines) is 1. The lowest BCUT2D eigenvalue weighted by atomic mass is 9.97. The summed E-state index contributed by atoms with van der Waals surface area (Å²) >= 11 is 0. The molecule has 0 radical (unpaired) electrons. The van der Waals surface area contributed by atoms with E-state index in [1.54, 1.807) is 0 Å². The molecule has 0 aliphatic carbocycles. The molecule has 2 fully saturated rings. The number of aryl methyl sites for hydroxylation is 1. The topological polar surface area (TPSA) is 76.1 Å². The maximum Gasteiger partial charge on any atom is 0.306 e. The van der Waals surface area contributed by atoms with E-state index in [1.165, 1.54) is 36.1 Å². The summed E-state index contributed by atoms with van der Waals surface area (Å²) < 4.78 is 0. The maximum absolute atomic E-state index is 13.0. The summed E-state index contributed by atoms with van der Waals surface area (Å²) in [6.07, 6.45) is 8.14. The summed E-state index contributed by atoms with van der Waals surface area (Å²) in [6.45, 7) is 7.47. The van der Waals surface area contributed by atoms with E-state index in [0.29, 0.717) is 38.5 Å². The molecule has 7 nitrogen and oxygen atoms in total. The smallest absolute Gasteiger partial charge is 0.306 e. The van der Waals surface area contributed by atoms with Gasteiger partial charge in [-0.25, -0.2) is 5.43 Å². The van der Waals surface area contributed by atoms with Gasteiger partial charge in [0.1, 0.15) is 0 Å². The molecule has 0 saturated carbocycles. The minimum Gasteiger partial charge on any atom is -0.481 e. The van der Waals surface area contributed by atoms with Crippen molar-refractivity contribution in [3.05, 3.63) is 47.2 Å². The van der Waals surface area contributed by atoms with Gasteiger partial charge in [-0.2, -0.15) is 0 Å². The van der Waals surface area contributed by atoms with E-state index >= 15 is 0 Å². The number of carboxylic acid groups (broad SMARTS) is 1. The second-order valence-corrected chi connectivity index (χ2v) is 9.86. The van der Waals surface area contributed by atoms with Crippen LogP contribution in [0.1, 0.15) is 62.6 Å². The molecule has 3 heterocycles. The van der Waals surface area contributed by atoms with Crippen LogP contribution in [0.2, 0.25) is 0 Å². The highest BCUT2D eigenvalue weighted by Gasteiger charge is 2.36. The zero-order valence-corrected chi connectivity index (χ0v) is 20.0. The van der Waals surface area contributed by atoms with Crippen molar-refractivity contribution in [2.24, 2.45) is 5.92 Å². The first kappa shape index (κ1) is 23.8. The first-order chi connectivity index (χ1) is 15.9. The lowest BCUT2D eigenvalue weighted by molar-refractivity contribution is -0.146. The SMILES string of the molecule is CCCCCC1CN(CC(=O)N2CCC(C(=O)O)CC2)CC2=CC(c3ccc(C)cc3)NN21. The normalized spacial score (nSPS) is 24.0. The van der Waals surface area contributed by atoms with E-state index in [-0.39, 0.29) is 17.9 Å². The summed E-state index contributed by atoms with van der Waals surface area (Å²) in [5, 5.41) is 11.6. The Hall–Kier alpha value is -2.38. The zero-order chi connectivity index (χ0) is 23.4. The van der Waals surface area contributed by atoms with E-state index in [9.17, 15) is 14.7 Å². The highest BCUT2D eigenvalue weighted by molar-refractivity contribution is 5.79. The number of hydrazine groups is 1. The summed E-state index contributed by atoms with van der Waals surface area (Å²) in [6, 6.07) is 9.21. The van der Waals surface area contributed by atoms with Crippen LogP contribution in [-0.4, -0.2) is 70.6 Å². The Morgan fingerprint density at radius 2 is 1.85 bits per heavy atom. The molecule has 0 bridgehead atoms. The number of aliphatic carboxylic acids is 1. The van der Waals surface area contributed by atoms with Crippen LogP contribution < -0.4 is 5.43 Å².